The van der Waals surface area contributed by atoms with E-state index in [9.17, 15) is 18.3 Å². The van der Waals surface area contributed by atoms with Crippen molar-refractivity contribution in [2.75, 3.05) is 32.8 Å². The molecule has 0 radical (unpaired) electrons. The second-order valence-electron chi connectivity index (χ2n) is 6.51. The predicted octanol–water partition coefficient (Wildman–Crippen LogP) is 4.12. The first-order chi connectivity index (χ1) is 12.5. The van der Waals surface area contributed by atoms with E-state index in [0.717, 1.165) is 55.0 Å². The molecule has 3 nitrogen and oxygen atoms in total. The van der Waals surface area contributed by atoms with Crippen molar-refractivity contribution in [2.45, 2.75) is 18.6 Å². The number of aliphatic hydroxyl groups is 1. The number of nitrogens with one attached hydrogen (secondary N) is 1. The minimum absolute atomic E-state index is 0. The van der Waals surface area contributed by atoms with Gasteiger partial charge in [0.05, 0.1) is 5.56 Å². The van der Waals surface area contributed by atoms with Crippen LogP contribution in [0, 0.1) is 0 Å². The molecule has 3 rings (SSSR count). The first kappa shape index (κ1) is 21.7. The molecule has 1 heterocycles. The molecular weight excluding hydrogens is 377 g/mol. The fourth-order valence-corrected chi connectivity index (χ4v) is 3.43. The summed E-state index contributed by atoms with van der Waals surface area (Å²) in [5.74, 6) is 0. The Hall–Kier alpha value is -1.60. The zero-order valence-corrected chi connectivity index (χ0v) is 15.7. The van der Waals surface area contributed by atoms with Gasteiger partial charge in [-0.3, -0.25) is 4.90 Å². The van der Waals surface area contributed by atoms with E-state index >= 15 is 0 Å². The molecule has 1 saturated heterocycles. The van der Waals surface area contributed by atoms with Gasteiger partial charge in [0.2, 0.25) is 0 Å². The molecule has 2 N–H and O–H groups in total. The molecule has 0 amide bonds. The van der Waals surface area contributed by atoms with Crippen LogP contribution in [-0.4, -0.2) is 42.8 Å². The standard InChI is InChI=1S/C20H23F3N2O.ClH/c21-20(22,23)18-7-5-16(6-8-18)15-1-3-17(4-2-15)19(9-14-26)25-12-10-24-11-13-25;/h1-8,19,24,26H,9-14H2;1H/t19-;/m1./s1. The van der Waals surface area contributed by atoms with Gasteiger partial charge in [0.25, 0.3) is 0 Å². The molecule has 0 unspecified atom stereocenters. The molecule has 0 saturated carbocycles. The van der Waals surface area contributed by atoms with Gasteiger partial charge in [-0.05, 0) is 35.2 Å². The third-order valence-electron chi connectivity index (χ3n) is 4.84. The lowest BCUT2D eigenvalue weighted by Gasteiger charge is -2.35. The maximum Gasteiger partial charge on any atom is 0.416 e. The number of hydrogen-bond acceptors (Lipinski definition) is 3. The topological polar surface area (TPSA) is 35.5 Å². The Balaban J connectivity index is 0.00000261. The number of halogens is 4. The lowest BCUT2D eigenvalue weighted by Crippen LogP contribution is -2.45. The first-order valence-electron chi connectivity index (χ1n) is 8.82. The summed E-state index contributed by atoms with van der Waals surface area (Å²) in [7, 11) is 0. The van der Waals surface area contributed by atoms with E-state index < -0.39 is 11.7 Å². The van der Waals surface area contributed by atoms with Crippen molar-refractivity contribution < 1.29 is 18.3 Å². The van der Waals surface area contributed by atoms with Crippen LogP contribution in [0.4, 0.5) is 13.2 Å². The number of benzene rings is 2. The van der Waals surface area contributed by atoms with Crippen LogP contribution in [0.5, 0.6) is 0 Å². The van der Waals surface area contributed by atoms with E-state index in [1.165, 1.54) is 12.1 Å². The second-order valence-corrected chi connectivity index (χ2v) is 6.51. The van der Waals surface area contributed by atoms with Crippen LogP contribution >= 0.6 is 12.4 Å². The highest BCUT2D eigenvalue weighted by Crippen LogP contribution is 2.32. The summed E-state index contributed by atoms with van der Waals surface area (Å²) < 4.78 is 38.1. The van der Waals surface area contributed by atoms with Crippen molar-refractivity contribution in [2.24, 2.45) is 0 Å². The van der Waals surface area contributed by atoms with E-state index in [2.05, 4.69) is 10.2 Å². The Morgan fingerprint density at radius 3 is 1.93 bits per heavy atom. The minimum Gasteiger partial charge on any atom is -0.396 e. The van der Waals surface area contributed by atoms with Gasteiger partial charge in [0, 0.05) is 38.8 Å². The van der Waals surface area contributed by atoms with Crippen LogP contribution in [0.15, 0.2) is 48.5 Å². The Morgan fingerprint density at radius 1 is 0.926 bits per heavy atom. The van der Waals surface area contributed by atoms with Gasteiger partial charge in [0.15, 0.2) is 0 Å². The monoisotopic (exact) mass is 400 g/mol. The first-order valence-corrected chi connectivity index (χ1v) is 8.82. The normalized spacial score (nSPS) is 16.6. The van der Waals surface area contributed by atoms with E-state index in [-0.39, 0.29) is 25.1 Å². The molecule has 148 valence electrons. The Bertz CT molecular complexity index is 699. The van der Waals surface area contributed by atoms with Gasteiger partial charge in [-0.15, -0.1) is 12.4 Å². The SMILES string of the molecule is Cl.OCC[C@H](c1ccc(-c2ccc(C(F)(F)F)cc2)cc1)N1CCNCC1. The summed E-state index contributed by atoms with van der Waals surface area (Å²) in [5.41, 5.74) is 2.12. The summed E-state index contributed by atoms with van der Waals surface area (Å²) in [6, 6.07) is 13.3. The number of rotatable bonds is 5. The van der Waals surface area contributed by atoms with Gasteiger partial charge in [0.1, 0.15) is 0 Å². The molecule has 1 fully saturated rings. The van der Waals surface area contributed by atoms with E-state index in [0.29, 0.717) is 6.42 Å². The summed E-state index contributed by atoms with van der Waals surface area (Å²) in [5, 5.41) is 12.7. The Kier molecular flexibility index (Phi) is 7.68. The largest absolute Gasteiger partial charge is 0.416 e. The molecule has 1 aliphatic heterocycles. The highest BCUT2D eigenvalue weighted by atomic mass is 35.5. The molecule has 0 bridgehead atoms. The van der Waals surface area contributed by atoms with Crippen molar-refractivity contribution in [1.82, 2.24) is 10.2 Å². The minimum atomic E-state index is -4.32. The van der Waals surface area contributed by atoms with Crippen molar-refractivity contribution in [3.63, 3.8) is 0 Å². The van der Waals surface area contributed by atoms with E-state index in [1.54, 1.807) is 0 Å². The third kappa shape index (κ3) is 5.45. The molecule has 2 aromatic rings. The fourth-order valence-electron chi connectivity index (χ4n) is 3.43. The number of hydrogen-bond donors (Lipinski definition) is 2. The van der Waals surface area contributed by atoms with Crippen molar-refractivity contribution in [3.05, 3.63) is 59.7 Å². The lowest BCUT2D eigenvalue weighted by molar-refractivity contribution is -0.137. The van der Waals surface area contributed by atoms with Gasteiger partial charge in [-0.2, -0.15) is 13.2 Å². The van der Waals surface area contributed by atoms with Crippen LogP contribution in [0.3, 0.4) is 0 Å². The molecule has 0 aliphatic carbocycles. The van der Waals surface area contributed by atoms with Crippen LogP contribution in [0.2, 0.25) is 0 Å². The second kappa shape index (κ2) is 9.55. The van der Waals surface area contributed by atoms with Gasteiger partial charge in [-0.25, -0.2) is 0 Å². The van der Waals surface area contributed by atoms with Crippen molar-refractivity contribution >= 4 is 12.4 Å². The maximum atomic E-state index is 12.7. The fraction of sp³-hybridized carbons (Fsp3) is 0.400. The summed E-state index contributed by atoms with van der Waals surface area (Å²) in [4.78, 5) is 2.36. The molecule has 2 aromatic carbocycles. The number of nitrogens with zero attached hydrogens (tertiary/aromatic N) is 1. The van der Waals surface area contributed by atoms with Crippen molar-refractivity contribution in [1.29, 1.82) is 0 Å². The van der Waals surface area contributed by atoms with Crippen LogP contribution in [0.25, 0.3) is 11.1 Å². The zero-order valence-electron chi connectivity index (χ0n) is 14.9. The lowest BCUT2D eigenvalue weighted by atomic mass is 9.97. The molecular formula is C20H24ClF3N2O. The summed E-state index contributed by atoms with van der Waals surface area (Å²) in [6.45, 7) is 3.86. The van der Waals surface area contributed by atoms with E-state index in [4.69, 9.17) is 0 Å². The molecule has 0 spiro atoms. The molecule has 1 aliphatic rings. The highest BCUT2D eigenvalue weighted by Gasteiger charge is 2.30. The average Bonchev–Trinajstić information content (AvgIpc) is 2.66. The highest BCUT2D eigenvalue weighted by molar-refractivity contribution is 5.85. The summed E-state index contributed by atoms with van der Waals surface area (Å²) in [6.07, 6.45) is -3.65. The summed E-state index contributed by atoms with van der Waals surface area (Å²) >= 11 is 0. The van der Waals surface area contributed by atoms with E-state index in [1.807, 2.05) is 24.3 Å². The molecule has 7 heteroatoms. The van der Waals surface area contributed by atoms with Gasteiger partial charge in [-0.1, -0.05) is 36.4 Å². The van der Waals surface area contributed by atoms with Crippen LogP contribution < -0.4 is 5.32 Å². The quantitative estimate of drug-likeness (QED) is 0.792. The van der Waals surface area contributed by atoms with Crippen LogP contribution in [0.1, 0.15) is 23.6 Å². The molecule has 1 atom stereocenters. The Labute approximate surface area is 163 Å². The molecule has 27 heavy (non-hydrogen) atoms. The Morgan fingerprint density at radius 2 is 1.44 bits per heavy atom. The molecule has 0 aromatic heterocycles. The third-order valence-corrected chi connectivity index (χ3v) is 4.84. The number of piperazine rings is 1. The predicted molar refractivity (Wildman–Crippen MR) is 103 cm³/mol. The van der Waals surface area contributed by atoms with Gasteiger partial charge < -0.3 is 10.4 Å². The number of alkyl halides is 3. The van der Waals surface area contributed by atoms with Crippen LogP contribution in [-0.2, 0) is 6.18 Å². The maximum absolute atomic E-state index is 12.7. The zero-order chi connectivity index (χ0) is 18.6. The average molecular weight is 401 g/mol. The van der Waals surface area contributed by atoms with Gasteiger partial charge >= 0.3 is 6.18 Å². The van der Waals surface area contributed by atoms with Crippen molar-refractivity contribution in [3.8, 4) is 11.1 Å². The number of aliphatic hydroxyl groups excluding tert-OH is 1. The smallest absolute Gasteiger partial charge is 0.396 e.